The fraction of sp³-hybridized carbons (Fsp3) is 0.429. The molecule has 5 nitrogen and oxygen atoms in total. The molecule has 0 aromatic carbocycles. The van der Waals surface area contributed by atoms with Gasteiger partial charge in [-0.25, -0.2) is 4.79 Å². The van der Waals surface area contributed by atoms with E-state index in [1.165, 1.54) is 0 Å². The molecule has 0 spiro atoms. The van der Waals surface area contributed by atoms with Gasteiger partial charge in [-0.3, -0.25) is 4.79 Å². The second-order valence-electron chi connectivity index (χ2n) is 2.50. The molecule has 0 aromatic heterocycles. The Balaban J connectivity index is 4.00. The van der Waals surface area contributed by atoms with Gasteiger partial charge in [0.25, 0.3) is 0 Å². The Kier molecular flexibility index (Phi) is 3.43. The molecule has 0 rings (SSSR count). The van der Waals surface area contributed by atoms with E-state index >= 15 is 0 Å². The topological polar surface area (TPSA) is 86.6 Å². The molecule has 0 saturated carbocycles. The van der Waals surface area contributed by atoms with Crippen LogP contribution in [0.3, 0.4) is 0 Å². The molecule has 1 atom stereocenters. The minimum Gasteiger partial charge on any atom is -0.479 e. The van der Waals surface area contributed by atoms with Crippen molar-refractivity contribution in [3.8, 4) is 0 Å². The Hall–Kier alpha value is -1.36. The minimum absolute atomic E-state index is 0.340. The molecule has 0 aliphatic heterocycles. The van der Waals surface area contributed by atoms with E-state index in [0.29, 0.717) is 0 Å². The number of carboxylic acids is 1. The van der Waals surface area contributed by atoms with Crippen LogP contribution in [0.2, 0.25) is 0 Å². The summed E-state index contributed by atoms with van der Waals surface area (Å²) in [7, 11) is 0. The Morgan fingerprint density at radius 3 is 2.50 bits per heavy atom. The van der Waals surface area contributed by atoms with E-state index in [2.05, 4.69) is 11.9 Å². The summed E-state index contributed by atoms with van der Waals surface area (Å²) in [5.74, 6) is -1.90. The normalized spacial score (nSPS) is 14.5. The number of rotatable bonds is 4. The van der Waals surface area contributed by atoms with Gasteiger partial charge in [0.1, 0.15) is 0 Å². The van der Waals surface area contributed by atoms with Crippen molar-refractivity contribution < 1.29 is 19.8 Å². The second kappa shape index (κ2) is 3.87. The Labute approximate surface area is 69.7 Å². The molecular weight excluding hydrogens is 162 g/mol. The van der Waals surface area contributed by atoms with Gasteiger partial charge in [0, 0.05) is 0 Å². The van der Waals surface area contributed by atoms with E-state index in [1.54, 1.807) is 0 Å². The molecule has 3 N–H and O–H groups in total. The van der Waals surface area contributed by atoms with E-state index in [4.69, 9.17) is 10.2 Å². The summed E-state index contributed by atoms with van der Waals surface area (Å²) in [6.45, 7) is 3.92. The molecule has 0 bridgehead atoms. The van der Waals surface area contributed by atoms with Crippen LogP contribution < -0.4 is 5.32 Å². The molecule has 1 amide bonds. The number of nitrogens with one attached hydrogen (secondary N) is 1. The number of hydrogen-bond donors (Lipinski definition) is 3. The number of aliphatic carboxylic acids is 1. The van der Waals surface area contributed by atoms with E-state index < -0.39 is 17.5 Å². The predicted octanol–water partition coefficient (Wildman–Crippen LogP) is -0.876. The number of carbonyl (C=O) groups is 2. The van der Waals surface area contributed by atoms with Gasteiger partial charge in [-0.15, -0.1) is 0 Å². The second-order valence-corrected chi connectivity index (χ2v) is 2.50. The zero-order chi connectivity index (χ0) is 9.78. The van der Waals surface area contributed by atoms with Crippen LogP contribution in [0.5, 0.6) is 0 Å². The van der Waals surface area contributed by atoms with E-state index in [1.807, 2.05) is 0 Å². The van der Waals surface area contributed by atoms with Crippen LogP contribution in [0.1, 0.15) is 6.92 Å². The summed E-state index contributed by atoms with van der Waals surface area (Å²) in [5, 5.41) is 19.7. The summed E-state index contributed by atoms with van der Waals surface area (Å²) in [4.78, 5) is 20.8. The first-order valence-corrected chi connectivity index (χ1v) is 3.26. The quantitative estimate of drug-likeness (QED) is 0.482. The lowest BCUT2D eigenvalue weighted by atomic mass is 10.1. The summed E-state index contributed by atoms with van der Waals surface area (Å²) in [6, 6.07) is 0. The highest BCUT2D eigenvalue weighted by Crippen LogP contribution is 2.00. The molecule has 5 heteroatoms. The lowest BCUT2D eigenvalue weighted by Gasteiger charge is -2.17. The summed E-state index contributed by atoms with van der Waals surface area (Å²) < 4.78 is 0. The highest BCUT2D eigenvalue weighted by molar-refractivity contribution is 5.87. The van der Waals surface area contributed by atoms with Crippen LogP contribution in [0.25, 0.3) is 0 Å². The van der Waals surface area contributed by atoms with Gasteiger partial charge in [0.15, 0.2) is 5.60 Å². The van der Waals surface area contributed by atoms with Crippen molar-refractivity contribution in [2.45, 2.75) is 12.5 Å². The number of carbonyl (C=O) groups excluding carboxylic acids is 1. The largest absolute Gasteiger partial charge is 0.479 e. The Bertz CT molecular complexity index is 209. The third-order valence-corrected chi connectivity index (χ3v) is 1.25. The van der Waals surface area contributed by atoms with Gasteiger partial charge >= 0.3 is 5.97 Å². The van der Waals surface area contributed by atoms with Crippen LogP contribution in [0.15, 0.2) is 12.7 Å². The fourth-order valence-electron chi connectivity index (χ4n) is 0.407. The fourth-order valence-corrected chi connectivity index (χ4v) is 0.407. The monoisotopic (exact) mass is 173 g/mol. The average molecular weight is 173 g/mol. The Morgan fingerprint density at radius 2 is 2.17 bits per heavy atom. The van der Waals surface area contributed by atoms with Gasteiger partial charge in [-0.05, 0) is 13.0 Å². The van der Waals surface area contributed by atoms with Crippen molar-refractivity contribution in [1.29, 1.82) is 0 Å². The van der Waals surface area contributed by atoms with Crippen molar-refractivity contribution in [1.82, 2.24) is 5.32 Å². The van der Waals surface area contributed by atoms with Crippen LogP contribution in [0.4, 0.5) is 0 Å². The lowest BCUT2D eigenvalue weighted by Crippen LogP contribution is -2.46. The van der Waals surface area contributed by atoms with Crippen LogP contribution in [0, 0.1) is 0 Å². The maximum absolute atomic E-state index is 10.5. The van der Waals surface area contributed by atoms with Crippen molar-refractivity contribution in [3.05, 3.63) is 12.7 Å². The molecule has 0 aliphatic rings. The highest BCUT2D eigenvalue weighted by Gasteiger charge is 2.29. The van der Waals surface area contributed by atoms with Gasteiger partial charge in [0.2, 0.25) is 5.91 Å². The molecule has 0 aromatic rings. The van der Waals surface area contributed by atoms with Gasteiger partial charge in [-0.2, -0.15) is 0 Å². The van der Waals surface area contributed by atoms with Crippen molar-refractivity contribution in [2.24, 2.45) is 0 Å². The predicted molar refractivity (Wildman–Crippen MR) is 41.5 cm³/mol. The molecule has 68 valence electrons. The third kappa shape index (κ3) is 3.16. The molecule has 0 aliphatic carbocycles. The molecule has 0 saturated heterocycles. The summed E-state index contributed by atoms with van der Waals surface area (Å²) >= 11 is 0. The molecule has 0 radical (unpaired) electrons. The Morgan fingerprint density at radius 1 is 1.67 bits per heavy atom. The number of amides is 1. The van der Waals surface area contributed by atoms with Gasteiger partial charge in [0.05, 0.1) is 6.54 Å². The number of aliphatic hydroxyl groups is 1. The van der Waals surface area contributed by atoms with Gasteiger partial charge in [-0.1, -0.05) is 6.58 Å². The van der Waals surface area contributed by atoms with Crippen molar-refractivity contribution in [2.75, 3.05) is 6.54 Å². The highest BCUT2D eigenvalue weighted by atomic mass is 16.4. The minimum atomic E-state index is -1.93. The summed E-state index contributed by atoms with van der Waals surface area (Å²) in [6.07, 6.45) is 0.998. The SMILES string of the molecule is C=CC(=O)NCC(C)(O)C(=O)O. The first kappa shape index (κ1) is 10.6. The van der Waals surface area contributed by atoms with E-state index in [0.717, 1.165) is 13.0 Å². The summed E-state index contributed by atoms with van der Waals surface area (Å²) in [5.41, 5.74) is -1.93. The first-order chi connectivity index (χ1) is 5.40. The van der Waals surface area contributed by atoms with Crippen LogP contribution >= 0.6 is 0 Å². The van der Waals surface area contributed by atoms with E-state index in [9.17, 15) is 9.59 Å². The van der Waals surface area contributed by atoms with Crippen LogP contribution in [-0.4, -0.2) is 34.2 Å². The molecule has 1 unspecified atom stereocenters. The molecule has 0 heterocycles. The standard InChI is InChI=1S/C7H11NO4/c1-3-5(9)8-4-7(2,12)6(10)11/h3,12H,1,4H2,2H3,(H,8,9)(H,10,11). The average Bonchev–Trinajstić information content (AvgIpc) is 2.00. The maximum Gasteiger partial charge on any atom is 0.337 e. The molecule has 12 heavy (non-hydrogen) atoms. The maximum atomic E-state index is 10.5. The van der Waals surface area contributed by atoms with Gasteiger partial charge < -0.3 is 15.5 Å². The zero-order valence-corrected chi connectivity index (χ0v) is 6.70. The smallest absolute Gasteiger partial charge is 0.337 e. The lowest BCUT2D eigenvalue weighted by molar-refractivity contribution is -0.156. The van der Waals surface area contributed by atoms with E-state index in [-0.39, 0.29) is 6.54 Å². The van der Waals surface area contributed by atoms with Crippen LogP contribution in [-0.2, 0) is 9.59 Å². The van der Waals surface area contributed by atoms with Crippen molar-refractivity contribution in [3.63, 3.8) is 0 Å². The first-order valence-electron chi connectivity index (χ1n) is 3.26. The van der Waals surface area contributed by atoms with Crippen molar-refractivity contribution >= 4 is 11.9 Å². The number of hydrogen-bond acceptors (Lipinski definition) is 3. The number of carboxylic acid groups (broad SMARTS) is 1. The zero-order valence-electron chi connectivity index (χ0n) is 6.70. The molecular formula is C7H11NO4. The third-order valence-electron chi connectivity index (χ3n) is 1.25. The molecule has 0 fully saturated rings.